The maximum atomic E-state index is 11.9. The lowest BCUT2D eigenvalue weighted by atomic mass is 10.1. The molecule has 1 amide bonds. The molecule has 0 atom stereocenters. The van der Waals surface area contributed by atoms with Gasteiger partial charge in [0.25, 0.3) is 5.91 Å². The Balaban J connectivity index is 2.49. The van der Waals surface area contributed by atoms with Crippen molar-refractivity contribution in [2.24, 2.45) is 5.92 Å². The summed E-state index contributed by atoms with van der Waals surface area (Å²) in [7, 11) is 0. The second kappa shape index (κ2) is 7.17. The van der Waals surface area contributed by atoms with E-state index in [9.17, 15) is 4.79 Å². The van der Waals surface area contributed by atoms with Gasteiger partial charge in [0.15, 0.2) is 0 Å². The van der Waals surface area contributed by atoms with Crippen LogP contribution in [-0.2, 0) is 0 Å². The van der Waals surface area contributed by atoms with Gasteiger partial charge in [0, 0.05) is 15.5 Å². The van der Waals surface area contributed by atoms with E-state index in [2.05, 4.69) is 51.0 Å². The monoisotopic (exact) mass is 361 g/mol. The molecule has 0 unspecified atom stereocenters. The van der Waals surface area contributed by atoms with E-state index < -0.39 is 0 Å². The van der Waals surface area contributed by atoms with Gasteiger partial charge in [-0.1, -0.05) is 29.8 Å². The Labute approximate surface area is 119 Å². The van der Waals surface area contributed by atoms with Crippen molar-refractivity contribution in [2.45, 2.75) is 26.7 Å². The molecular weight excluding hydrogens is 346 g/mol. The predicted octanol–water partition coefficient (Wildman–Crippen LogP) is 4.38. The molecule has 1 N–H and O–H groups in total. The molecule has 0 aliphatic rings. The fourth-order valence-corrected chi connectivity index (χ4v) is 2.27. The molecule has 94 valence electrons. The summed E-state index contributed by atoms with van der Waals surface area (Å²) in [5, 5.41) is 2.93. The summed E-state index contributed by atoms with van der Waals surface area (Å²) < 4.78 is 1.73. The number of rotatable bonds is 5. The summed E-state index contributed by atoms with van der Waals surface area (Å²) in [6.45, 7) is 5.11. The normalized spacial score (nSPS) is 10.6. The summed E-state index contributed by atoms with van der Waals surface area (Å²) >= 11 is 6.75. The number of carbonyl (C=O) groups excluding carboxylic acids is 1. The van der Waals surface area contributed by atoms with Crippen molar-refractivity contribution in [3.63, 3.8) is 0 Å². The molecule has 1 rings (SSSR count). The summed E-state index contributed by atoms with van der Waals surface area (Å²) in [5.41, 5.74) is 0.670. The van der Waals surface area contributed by atoms with E-state index in [0.29, 0.717) is 11.5 Å². The van der Waals surface area contributed by atoms with Gasteiger partial charge in [0.2, 0.25) is 0 Å². The maximum absolute atomic E-state index is 11.9. The zero-order chi connectivity index (χ0) is 12.8. The number of amides is 1. The third-order valence-corrected chi connectivity index (χ3v) is 3.60. The number of hydrogen-bond acceptors (Lipinski definition) is 1. The number of carbonyl (C=O) groups is 1. The second-order valence-electron chi connectivity index (χ2n) is 4.42. The fraction of sp³-hybridized carbons (Fsp3) is 0.462. The zero-order valence-corrected chi connectivity index (χ0v) is 13.3. The first-order chi connectivity index (χ1) is 8.00. The largest absolute Gasteiger partial charge is 0.352 e. The highest BCUT2D eigenvalue weighted by atomic mass is 79.9. The third kappa shape index (κ3) is 5.21. The van der Waals surface area contributed by atoms with E-state index in [1.807, 2.05) is 18.2 Å². The Hall–Kier alpha value is -0.350. The first-order valence-electron chi connectivity index (χ1n) is 5.74. The Morgan fingerprint density at radius 2 is 2.06 bits per heavy atom. The lowest BCUT2D eigenvalue weighted by Crippen LogP contribution is -2.25. The van der Waals surface area contributed by atoms with Crippen molar-refractivity contribution in [2.75, 3.05) is 6.54 Å². The Morgan fingerprint density at radius 1 is 1.35 bits per heavy atom. The average molecular weight is 363 g/mol. The molecule has 0 aromatic heterocycles. The molecule has 1 aromatic carbocycles. The second-order valence-corrected chi connectivity index (χ2v) is 6.19. The molecule has 0 aliphatic heterocycles. The van der Waals surface area contributed by atoms with Gasteiger partial charge in [-0.25, -0.2) is 0 Å². The van der Waals surface area contributed by atoms with Gasteiger partial charge >= 0.3 is 0 Å². The molecule has 1 aromatic rings. The van der Waals surface area contributed by atoms with Crippen LogP contribution < -0.4 is 5.32 Å². The van der Waals surface area contributed by atoms with Crippen LogP contribution in [-0.4, -0.2) is 12.5 Å². The van der Waals surface area contributed by atoms with Crippen molar-refractivity contribution >= 4 is 37.8 Å². The van der Waals surface area contributed by atoms with E-state index in [0.717, 1.165) is 28.3 Å². The van der Waals surface area contributed by atoms with Crippen molar-refractivity contribution in [1.82, 2.24) is 5.32 Å². The fourth-order valence-electron chi connectivity index (χ4n) is 1.48. The van der Waals surface area contributed by atoms with Crippen LogP contribution in [0, 0.1) is 5.92 Å². The molecule has 0 spiro atoms. The first kappa shape index (κ1) is 14.7. The molecular formula is C13H17Br2NO. The van der Waals surface area contributed by atoms with Gasteiger partial charge in [0.1, 0.15) is 0 Å². The minimum absolute atomic E-state index is 0.0260. The number of hydrogen-bond donors (Lipinski definition) is 1. The minimum atomic E-state index is -0.0260. The van der Waals surface area contributed by atoms with Crippen LogP contribution >= 0.6 is 31.9 Å². The Bertz CT molecular complexity index is 391. The molecule has 0 fully saturated rings. The zero-order valence-electron chi connectivity index (χ0n) is 10.1. The van der Waals surface area contributed by atoms with Crippen molar-refractivity contribution in [3.05, 3.63) is 32.7 Å². The number of nitrogens with one attached hydrogen (secondary N) is 1. The molecule has 2 nitrogen and oxygen atoms in total. The topological polar surface area (TPSA) is 29.1 Å². The van der Waals surface area contributed by atoms with E-state index >= 15 is 0 Å². The molecule has 0 saturated carbocycles. The third-order valence-electron chi connectivity index (χ3n) is 2.42. The molecule has 0 radical (unpaired) electrons. The van der Waals surface area contributed by atoms with Gasteiger partial charge in [-0.3, -0.25) is 4.79 Å². The lowest BCUT2D eigenvalue weighted by molar-refractivity contribution is 0.0951. The van der Waals surface area contributed by atoms with E-state index in [4.69, 9.17) is 0 Å². The first-order valence-corrected chi connectivity index (χ1v) is 7.32. The Kier molecular flexibility index (Phi) is 6.20. The standard InChI is InChI=1S/C13H17Br2NO/c1-9(2)4-3-7-16-13(17)11-8-10(14)5-6-12(11)15/h5-6,8-9H,3-4,7H2,1-2H3,(H,16,17). The average Bonchev–Trinajstić information content (AvgIpc) is 2.27. The Morgan fingerprint density at radius 3 is 2.71 bits per heavy atom. The van der Waals surface area contributed by atoms with Crippen LogP contribution in [0.25, 0.3) is 0 Å². The van der Waals surface area contributed by atoms with Crippen LogP contribution in [0.5, 0.6) is 0 Å². The van der Waals surface area contributed by atoms with Crippen LogP contribution in [0.2, 0.25) is 0 Å². The minimum Gasteiger partial charge on any atom is -0.352 e. The summed E-state index contributed by atoms with van der Waals surface area (Å²) in [5.74, 6) is 0.659. The number of benzene rings is 1. The summed E-state index contributed by atoms with van der Waals surface area (Å²) in [4.78, 5) is 11.9. The molecule has 17 heavy (non-hydrogen) atoms. The summed E-state index contributed by atoms with van der Waals surface area (Å²) in [6.07, 6.45) is 2.16. The van der Waals surface area contributed by atoms with Crippen LogP contribution in [0.1, 0.15) is 37.0 Å². The van der Waals surface area contributed by atoms with Gasteiger partial charge in [-0.2, -0.15) is 0 Å². The van der Waals surface area contributed by atoms with Gasteiger partial charge in [-0.05, 0) is 52.9 Å². The van der Waals surface area contributed by atoms with E-state index in [1.54, 1.807) is 0 Å². The smallest absolute Gasteiger partial charge is 0.252 e. The molecule has 0 bridgehead atoms. The molecule has 4 heteroatoms. The summed E-state index contributed by atoms with van der Waals surface area (Å²) in [6, 6.07) is 5.59. The van der Waals surface area contributed by atoms with Crippen LogP contribution in [0.4, 0.5) is 0 Å². The van der Waals surface area contributed by atoms with Crippen LogP contribution in [0.3, 0.4) is 0 Å². The molecule has 0 heterocycles. The molecule has 0 saturated heterocycles. The predicted molar refractivity (Wildman–Crippen MR) is 78.2 cm³/mol. The van der Waals surface area contributed by atoms with Crippen molar-refractivity contribution < 1.29 is 4.79 Å². The van der Waals surface area contributed by atoms with Crippen molar-refractivity contribution in [3.8, 4) is 0 Å². The van der Waals surface area contributed by atoms with Crippen LogP contribution in [0.15, 0.2) is 27.1 Å². The highest BCUT2D eigenvalue weighted by Crippen LogP contribution is 2.21. The van der Waals surface area contributed by atoms with Crippen molar-refractivity contribution in [1.29, 1.82) is 0 Å². The molecule has 0 aliphatic carbocycles. The van der Waals surface area contributed by atoms with E-state index in [1.165, 1.54) is 0 Å². The quantitative estimate of drug-likeness (QED) is 0.774. The van der Waals surface area contributed by atoms with Gasteiger partial charge in [-0.15, -0.1) is 0 Å². The number of halogens is 2. The maximum Gasteiger partial charge on any atom is 0.252 e. The highest BCUT2D eigenvalue weighted by Gasteiger charge is 2.09. The van der Waals surface area contributed by atoms with Gasteiger partial charge in [0.05, 0.1) is 5.56 Å². The highest BCUT2D eigenvalue weighted by molar-refractivity contribution is 9.11. The lowest BCUT2D eigenvalue weighted by Gasteiger charge is -2.08. The van der Waals surface area contributed by atoms with E-state index in [-0.39, 0.29) is 5.91 Å². The van der Waals surface area contributed by atoms with Gasteiger partial charge < -0.3 is 5.32 Å². The SMILES string of the molecule is CC(C)CCCNC(=O)c1cc(Br)ccc1Br.